The van der Waals surface area contributed by atoms with E-state index in [9.17, 15) is 18.0 Å². The van der Waals surface area contributed by atoms with Gasteiger partial charge in [-0.05, 0) is 24.6 Å². The molecule has 6 nitrogen and oxygen atoms in total. The van der Waals surface area contributed by atoms with Gasteiger partial charge in [-0.1, -0.05) is 0 Å². The Morgan fingerprint density at radius 2 is 2.08 bits per heavy atom. The highest BCUT2D eigenvalue weighted by atomic mass is 19.4. The van der Waals surface area contributed by atoms with E-state index in [2.05, 4.69) is 5.10 Å². The third kappa shape index (κ3) is 3.36. The fraction of sp³-hybridized carbons (Fsp3) is 0.467. The van der Waals surface area contributed by atoms with E-state index in [-0.39, 0.29) is 12.1 Å². The maximum Gasteiger partial charge on any atom is 0.435 e. The van der Waals surface area contributed by atoms with Gasteiger partial charge in [0.25, 0.3) is 0 Å². The Bertz CT molecular complexity index is 751. The molecule has 0 spiro atoms. The quantitative estimate of drug-likeness (QED) is 0.801. The monoisotopic (exact) mass is 344 g/mol. The molecule has 1 saturated heterocycles. The van der Waals surface area contributed by atoms with Crippen LogP contribution in [0.15, 0.2) is 18.2 Å². The lowest BCUT2D eigenvalue weighted by atomic mass is 10.1. The summed E-state index contributed by atoms with van der Waals surface area (Å²) >= 11 is 0. The average molecular weight is 344 g/mol. The van der Waals surface area contributed by atoms with Gasteiger partial charge >= 0.3 is 12.1 Å². The fourth-order valence-electron chi connectivity index (χ4n) is 2.44. The van der Waals surface area contributed by atoms with Gasteiger partial charge in [-0.3, -0.25) is 4.79 Å². The van der Waals surface area contributed by atoms with Gasteiger partial charge in [0, 0.05) is 12.5 Å². The second-order valence-corrected chi connectivity index (χ2v) is 5.31. The van der Waals surface area contributed by atoms with Gasteiger partial charge < -0.3 is 14.2 Å². The van der Waals surface area contributed by atoms with Crippen LogP contribution in [-0.4, -0.2) is 28.8 Å². The normalized spacial score (nSPS) is 16.5. The molecule has 0 bridgehead atoms. The maximum atomic E-state index is 13.0. The molecular formula is C15H15F3N2O4. The third-order valence-corrected chi connectivity index (χ3v) is 3.53. The van der Waals surface area contributed by atoms with Crippen molar-refractivity contribution in [3.8, 4) is 0 Å². The van der Waals surface area contributed by atoms with Crippen molar-refractivity contribution in [3.63, 3.8) is 0 Å². The fourth-order valence-corrected chi connectivity index (χ4v) is 2.44. The molecule has 0 amide bonds. The smallest absolute Gasteiger partial charge is 0.435 e. The number of fused-ring (bicyclic) bond motifs is 1. The lowest BCUT2D eigenvalue weighted by molar-refractivity contribution is -0.182. The second kappa shape index (κ2) is 6.40. The molecule has 0 radical (unpaired) electrons. The minimum Gasteiger partial charge on any atom is -0.459 e. The first-order valence-corrected chi connectivity index (χ1v) is 7.31. The van der Waals surface area contributed by atoms with E-state index in [1.54, 1.807) is 12.1 Å². The molecule has 1 aliphatic heterocycles. The molecule has 1 aliphatic rings. The molecule has 130 valence electrons. The van der Waals surface area contributed by atoms with Crippen LogP contribution in [0.2, 0.25) is 0 Å². The highest BCUT2D eigenvalue weighted by Crippen LogP contribution is 2.33. The van der Waals surface area contributed by atoms with Gasteiger partial charge in [0.1, 0.15) is 6.61 Å². The van der Waals surface area contributed by atoms with E-state index in [0.717, 1.165) is 17.0 Å². The summed E-state index contributed by atoms with van der Waals surface area (Å²) < 4.78 is 56.0. The van der Waals surface area contributed by atoms with Crippen molar-refractivity contribution in [2.45, 2.75) is 32.4 Å². The Morgan fingerprint density at radius 3 is 2.71 bits per heavy atom. The second-order valence-electron chi connectivity index (χ2n) is 5.31. The number of hydrogen-bond donors (Lipinski definition) is 0. The van der Waals surface area contributed by atoms with Crippen molar-refractivity contribution >= 4 is 11.5 Å². The molecule has 24 heavy (non-hydrogen) atoms. The zero-order chi connectivity index (χ0) is 17.3. The number of pyridine rings is 1. The number of esters is 1. The first-order valence-electron chi connectivity index (χ1n) is 7.31. The zero-order valence-electron chi connectivity index (χ0n) is 12.8. The van der Waals surface area contributed by atoms with Crippen LogP contribution in [0.25, 0.3) is 5.52 Å². The lowest BCUT2D eigenvalue weighted by Crippen LogP contribution is -2.19. The molecule has 0 N–H and O–H groups in total. The van der Waals surface area contributed by atoms with E-state index in [1.165, 1.54) is 6.92 Å². The number of halogens is 3. The standard InChI is InChI=1S/C15H15F3N2O4/c1-9(21)24-8-10-3-4-11(14-22-5-2-6-23-14)12-7-13(15(16,17)18)19-20(10)12/h3-4,7,14H,2,5-6,8H2,1H3. The van der Waals surface area contributed by atoms with Crippen LogP contribution in [0.1, 0.15) is 36.6 Å². The summed E-state index contributed by atoms with van der Waals surface area (Å²) in [5.74, 6) is -0.533. The van der Waals surface area contributed by atoms with E-state index in [4.69, 9.17) is 14.2 Å². The van der Waals surface area contributed by atoms with Crippen molar-refractivity contribution in [1.82, 2.24) is 9.61 Å². The van der Waals surface area contributed by atoms with Crippen molar-refractivity contribution in [2.24, 2.45) is 0 Å². The first-order chi connectivity index (χ1) is 11.4. The first kappa shape index (κ1) is 16.7. The van der Waals surface area contributed by atoms with Crippen LogP contribution in [0.4, 0.5) is 13.2 Å². The summed E-state index contributed by atoms with van der Waals surface area (Å²) in [6.07, 6.45) is -4.61. The van der Waals surface area contributed by atoms with Gasteiger partial charge in [-0.2, -0.15) is 18.3 Å². The summed E-state index contributed by atoms with van der Waals surface area (Å²) in [5.41, 5.74) is -0.0618. The SMILES string of the molecule is CC(=O)OCc1ccc(C2OCCCO2)c2cc(C(F)(F)F)nn12. The number of carbonyl (C=O) groups excluding carboxylic acids is 1. The molecule has 3 heterocycles. The van der Waals surface area contributed by atoms with E-state index in [0.29, 0.717) is 24.5 Å². The van der Waals surface area contributed by atoms with Crippen LogP contribution in [0.5, 0.6) is 0 Å². The minimum atomic E-state index is -4.59. The number of hydrogen-bond acceptors (Lipinski definition) is 5. The third-order valence-electron chi connectivity index (χ3n) is 3.53. The maximum absolute atomic E-state index is 13.0. The van der Waals surface area contributed by atoms with E-state index >= 15 is 0 Å². The summed E-state index contributed by atoms with van der Waals surface area (Å²) in [6.45, 7) is 1.97. The van der Waals surface area contributed by atoms with E-state index < -0.39 is 24.1 Å². The average Bonchev–Trinajstić information content (AvgIpc) is 2.99. The van der Waals surface area contributed by atoms with Gasteiger partial charge in [0.2, 0.25) is 0 Å². The molecular weight excluding hydrogens is 329 g/mol. The molecule has 2 aromatic rings. The molecule has 0 aliphatic carbocycles. The number of carbonyl (C=O) groups is 1. The zero-order valence-corrected chi connectivity index (χ0v) is 12.8. The van der Waals surface area contributed by atoms with Crippen molar-refractivity contribution in [2.75, 3.05) is 13.2 Å². The topological polar surface area (TPSA) is 62.1 Å². The molecule has 1 fully saturated rings. The van der Waals surface area contributed by atoms with Crippen molar-refractivity contribution in [3.05, 3.63) is 35.2 Å². The molecule has 0 saturated carbocycles. The van der Waals surface area contributed by atoms with Crippen LogP contribution in [-0.2, 0) is 31.8 Å². The van der Waals surface area contributed by atoms with Crippen molar-refractivity contribution in [1.29, 1.82) is 0 Å². The Balaban J connectivity index is 2.07. The Kier molecular flexibility index (Phi) is 4.46. The molecule has 9 heteroatoms. The van der Waals surface area contributed by atoms with Gasteiger partial charge in [0.15, 0.2) is 12.0 Å². The number of aromatic nitrogens is 2. The van der Waals surface area contributed by atoms with Crippen LogP contribution >= 0.6 is 0 Å². The summed E-state index contributed by atoms with van der Waals surface area (Å²) in [4.78, 5) is 11.0. The minimum absolute atomic E-state index is 0.183. The molecule has 2 aromatic heterocycles. The van der Waals surface area contributed by atoms with Gasteiger partial charge in [-0.15, -0.1) is 0 Å². The number of alkyl halides is 3. The Morgan fingerprint density at radius 1 is 1.38 bits per heavy atom. The Hall–Kier alpha value is -2.13. The van der Waals surface area contributed by atoms with Crippen LogP contribution < -0.4 is 0 Å². The van der Waals surface area contributed by atoms with Gasteiger partial charge in [0.05, 0.1) is 24.4 Å². The molecule has 3 rings (SSSR count). The summed E-state index contributed by atoms with van der Waals surface area (Å²) in [6, 6.07) is 4.08. The molecule has 0 unspecified atom stereocenters. The highest BCUT2D eigenvalue weighted by molar-refractivity contribution is 5.66. The molecule has 0 aromatic carbocycles. The summed E-state index contributed by atoms with van der Waals surface area (Å²) in [5, 5.41) is 3.61. The molecule has 0 atom stereocenters. The predicted octanol–water partition coefficient (Wildman–Crippen LogP) is 2.85. The number of nitrogens with zero attached hydrogens (tertiary/aromatic N) is 2. The van der Waals surface area contributed by atoms with Crippen molar-refractivity contribution < 1.29 is 32.2 Å². The van der Waals surface area contributed by atoms with E-state index in [1.807, 2.05) is 0 Å². The largest absolute Gasteiger partial charge is 0.459 e. The summed E-state index contributed by atoms with van der Waals surface area (Å²) in [7, 11) is 0. The van der Waals surface area contributed by atoms with Gasteiger partial charge in [-0.25, -0.2) is 4.52 Å². The number of ether oxygens (including phenoxy) is 3. The Labute approximate surface area is 135 Å². The lowest BCUT2D eigenvalue weighted by Gasteiger charge is -2.24. The highest BCUT2D eigenvalue weighted by Gasteiger charge is 2.35. The number of rotatable bonds is 3. The predicted molar refractivity (Wildman–Crippen MR) is 74.9 cm³/mol. The van der Waals surface area contributed by atoms with Crippen LogP contribution in [0.3, 0.4) is 0 Å². The van der Waals surface area contributed by atoms with Crippen LogP contribution in [0, 0.1) is 0 Å².